The average molecular weight is 438 g/mol. The van der Waals surface area contributed by atoms with Gasteiger partial charge >= 0.3 is 18.0 Å². The highest BCUT2D eigenvalue weighted by Gasteiger charge is 2.56. The molecule has 1 aliphatic rings. The summed E-state index contributed by atoms with van der Waals surface area (Å²) < 4.78 is 90.1. The van der Waals surface area contributed by atoms with E-state index in [9.17, 15) is 46.1 Å². The topological polar surface area (TPSA) is 123 Å². The van der Waals surface area contributed by atoms with E-state index >= 15 is 0 Å². The molecule has 2 heterocycles. The van der Waals surface area contributed by atoms with Gasteiger partial charge in [-0.25, -0.2) is 4.79 Å². The van der Waals surface area contributed by atoms with Gasteiger partial charge in [0, 0.05) is 12.3 Å². The Morgan fingerprint density at radius 2 is 1.83 bits per heavy atom. The number of aliphatic hydroxyl groups is 2. The van der Waals surface area contributed by atoms with Crippen molar-refractivity contribution in [3.05, 3.63) is 33.1 Å². The molecule has 3 N–H and O–H groups in total. The number of rotatable bonds is 7. The zero-order chi connectivity index (χ0) is 22.0. The molecule has 1 aromatic rings. The van der Waals surface area contributed by atoms with Crippen LogP contribution in [0.5, 0.6) is 0 Å². The molecule has 15 heteroatoms. The molecule has 1 aromatic heterocycles. The monoisotopic (exact) mass is 438 g/mol. The number of hydrogen-bond acceptors (Lipinski definition) is 7. The molecule has 0 amide bonds. The van der Waals surface area contributed by atoms with Crippen LogP contribution in [0.3, 0.4) is 0 Å². The van der Waals surface area contributed by atoms with Gasteiger partial charge in [0.15, 0.2) is 12.1 Å². The number of hydrogen-bond donors (Lipinski definition) is 3. The Hall–Kier alpha value is -1.94. The number of aromatic nitrogens is 2. The lowest BCUT2D eigenvalue weighted by atomic mass is 10.1. The first-order valence-electron chi connectivity index (χ1n) is 7.95. The van der Waals surface area contributed by atoms with Crippen LogP contribution in [-0.2, 0) is 14.2 Å². The molecule has 0 saturated carbocycles. The maximum atomic E-state index is 12.5. The van der Waals surface area contributed by atoms with Gasteiger partial charge in [0.05, 0.1) is 13.2 Å². The van der Waals surface area contributed by atoms with Crippen molar-refractivity contribution in [2.75, 3.05) is 20.0 Å². The third kappa shape index (κ3) is 5.57. The van der Waals surface area contributed by atoms with Gasteiger partial charge in [-0.1, -0.05) is 0 Å². The molecular weight excluding hydrogens is 422 g/mol. The van der Waals surface area contributed by atoms with Crippen LogP contribution in [0.25, 0.3) is 0 Å². The van der Waals surface area contributed by atoms with Crippen LogP contribution in [0.2, 0.25) is 0 Å². The number of aromatic amines is 1. The van der Waals surface area contributed by atoms with Crippen molar-refractivity contribution in [2.45, 2.75) is 36.9 Å². The molecule has 2 rings (SSSR count). The fraction of sp³-hybridized carbons (Fsp3) is 0.714. The number of nitrogens with zero attached hydrogens (tertiary/aromatic N) is 1. The third-order valence-corrected chi connectivity index (χ3v) is 4.04. The molecule has 9 nitrogen and oxygen atoms in total. The Morgan fingerprint density at radius 1 is 1.21 bits per heavy atom. The average Bonchev–Trinajstić information content (AvgIpc) is 2.88. The summed E-state index contributed by atoms with van der Waals surface area (Å²) in [4.78, 5) is 24.9. The third-order valence-electron chi connectivity index (χ3n) is 4.04. The highest BCUT2D eigenvalue weighted by Crippen LogP contribution is 2.39. The second-order valence-corrected chi connectivity index (χ2v) is 6.01. The summed E-state index contributed by atoms with van der Waals surface area (Å²) in [6.45, 7) is -3.63. The van der Waals surface area contributed by atoms with E-state index in [2.05, 4.69) is 4.74 Å². The molecule has 29 heavy (non-hydrogen) atoms. The van der Waals surface area contributed by atoms with E-state index in [4.69, 9.17) is 9.47 Å². The van der Waals surface area contributed by atoms with Gasteiger partial charge in [0.2, 0.25) is 0 Å². The Balaban J connectivity index is 2.08. The summed E-state index contributed by atoms with van der Waals surface area (Å²) in [7, 11) is 0. The number of nitrogens with one attached hydrogen (secondary N) is 1. The van der Waals surface area contributed by atoms with Gasteiger partial charge < -0.3 is 24.4 Å². The molecular formula is C14H16F6N2O7. The normalized spacial score (nSPS) is 25.7. The van der Waals surface area contributed by atoms with Crippen molar-refractivity contribution >= 4 is 0 Å². The minimum Gasteiger partial charge on any atom is -0.394 e. The zero-order valence-electron chi connectivity index (χ0n) is 14.3. The summed E-state index contributed by atoms with van der Waals surface area (Å²) in [6, 6.07) is 0.925. The van der Waals surface area contributed by atoms with Gasteiger partial charge in [0.1, 0.15) is 25.1 Å². The predicted octanol–water partition coefficient (Wildman–Crippen LogP) is -0.113. The summed E-state index contributed by atoms with van der Waals surface area (Å²) in [5.74, 6) is -3.74. The van der Waals surface area contributed by atoms with Crippen molar-refractivity contribution < 1.29 is 50.8 Å². The number of alkyl halides is 6. The maximum absolute atomic E-state index is 12.5. The lowest BCUT2D eigenvalue weighted by Crippen LogP contribution is -2.41. The molecule has 1 saturated heterocycles. The highest BCUT2D eigenvalue weighted by molar-refractivity contribution is 4.93. The van der Waals surface area contributed by atoms with Crippen LogP contribution >= 0.6 is 0 Å². The van der Waals surface area contributed by atoms with Gasteiger partial charge in [-0.15, -0.1) is 0 Å². The second-order valence-electron chi connectivity index (χ2n) is 6.01. The Kier molecular flexibility index (Phi) is 7.10. The Morgan fingerprint density at radius 3 is 2.34 bits per heavy atom. The van der Waals surface area contributed by atoms with Crippen molar-refractivity contribution in [1.82, 2.24) is 9.55 Å². The van der Waals surface area contributed by atoms with Crippen molar-refractivity contribution in [3.8, 4) is 0 Å². The number of halogens is 6. The largest absolute Gasteiger partial charge is 0.402 e. The first-order valence-corrected chi connectivity index (χ1v) is 7.95. The molecule has 0 aromatic carbocycles. The minimum absolute atomic E-state index is 0.735. The number of ether oxygens (including phenoxy) is 3. The number of H-pyrrole nitrogens is 1. The molecule has 0 bridgehead atoms. The van der Waals surface area contributed by atoms with E-state index in [1.165, 1.54) is 0 Å². The maximum Gasteiger partial charge on any atom is 0.402 e. The van der Waals surface area contributed by atoms with Crippen LogP contribution < -0.4 is 11.2 Å². The van der Waals surface area contributed by atoms with E-state index in [1.54, 1.807) is 0 Å². The highest BCUT2D eigenvalue weighted by atomic mass is 19.4. The molecule has 2 unspecified atom stereocenters. The van der Waals surface area contributed by atoms with E-state index in [0.29, 0.717) is 0 Å². The van der Waals surface area contributed by atoms with Crippen LogP contribution in [0, 0.1) is 5.92 Å². The first-order chi connectivity index (χ1) is 13.4. The molecule has 0 aliphatic carbocycles. The predicted molar refractivity (Wildman–Crippen MR) is 79.6 cm³/mol. The fourth-order valence-electron chi connectivity index (χ4n) is 2.57. The van der Waals surface area contributed by atoms with Gasteiger partial charge in [-0.3, -0.25) is 14.3 Å². The zero-order valence-corrected chi connectivity index (χ0v) is 14.3. The van der Waals surface area contributed by atoms with Crippen molar-refractivity contribution in [1.29, 1.82) is 0 Å². The van der Waals surface area contributed by atoms with E-state index < -0.39 is 74.1 Å². The van der Waals surface area contributed by atoms with Gasteiger partial charge in [-0.2, -0.15) is 26.3 Å². The Labute approximate surface area is 157 Å². The van der Waals surface area contributed by atoms with Crippen LogP contribution in [0.4, 0.5) is 26.3 Å². The first kappa shape index (κ1) is 23.3. The van der Waals surface area contributed by atoms with Gasteiger partial charge in [0.25, 0.3) is 5.56 Å². The fourth-order valence-corrected chi connectivity index (χ4v) is 2.57. The van der Waals surface area contributed by atoms with Gasteiger partial charge in [-0.05, 0) is 0 Å². The summed E-state index contributed by atoms with van der Waals surface area (Å²) in [6.07, 6.45) is -16.1. The quantitative estimate of drug-likeness (QED) is 0.308. The Bertz CT molecular complexity index is 778. The van der Waals surface area contributed by atoms with Crippen molar-refractivity contribution in [2.24, 2.45) is 5.92 Å². The van der Waals surface area contributed by atoms with E-state index in [1.807, 2.05) is 4.98 Å². The van der Waals surface area contributed by atoms with Crippen molar-refractivity contribution in [3.63, 3.8) is 0 Å². The molecule has 4 atom stereocenters. The van der Waals surface area contributed by atoms with Crippen LogP contribution in [0.15, 0.2) is 21.9 Å². The lowest BCUT2D eigenvalue weighted by molar-refractivity contribution is -0.299. The van der Waals surface area contributed by atoms with Crippen LogP contribution in [0.1, 0.15) is 6.23 Å². The molecule has 0 spiro atoms. The molecule has 166 valence electrons. The lowest BCUT2D eigenvalue weighted by Gasteiger charge is -2.24. The smallest absolute Gasteiger partial charge is 0.394 e. The summed E-state index contributed by atoms with van der Waals surface area (Å²) in [5, 5.41) is 19.3. The molecule has 0 radical (unpaired) electrons. The molecule has 1 fully saturated rings. The van der Waals surface area contributed by atoms with Crippen LogP contribution in [-0.4, -0.2) is 70.4 Å². The van der Waals surface area contributed by atoms with E-state index in [-0.39, 0.29) is 0 Å². The van der Waals surface area contributed by atoms with E-state index in [0.717, 1.165) is 16.8 Å². The minimum atomic E-state index is -5.60. The number of aliphatic hydroxyl groups excluding tert-OH is 2. The SMILES string of the molecule is O=c1ccn([C@H]2O[C@@H](CO)C(O)C2OCOCC(C(F)(F)F)C(F)(F)F)c(=O)[nH]1. The summed E-state index contributed by atoms with van der Waals surface area (Å²) in [5.41, 5.74) is -1.74. The molecule has 1 aliphatic heterocycles. The standard InChI is InChI=1S/C14H16F6N2O7/c15-13(16,17)7(14(18,19)20)4-27-5-28-10-9(25)6(3-23)29-11(10)22-2-1-8(24)21-12(22)26/h1-2,6-7,9-11,23,25H,3-5H2,(H,21,24,26)/t6-,9?,10?,11-/m0/s1. The summed E-state index contributed by atoms with van der Waals surface area (Å²) >= 11 is 0. The second kappa shape index (κ2) is 8.83.